The molecule has 3 fully saturated rings. The van der Waals surface area contributed by atoms with E-state index in [0.717, 1.165) is 16.7 Å². The fraction of sp³-hybridized carbons (Fsp3) is 0.404. The highest BCUT2D eigenvalue weighted by Gasteiger charge is 2.54. The number of ether oxygens (including phenoxy) is 13. The van der Waals surface area contributed by atoms with Crippen molar-refractivity contribution in [2.24, 2.45) is 0 Å². The van der Waals surface area contributed by atoms with Crippen LogP contribution >= 0.6 is 34.8 Å². The third-order valence-electron chi connectivity index (χ3n) is 11.4. The van der Waals surface area contributed by atoms with Crippen LogP contribution in [0.3, 0.4) is 0 Å². The van der Waals surface area contributed by atoms with Crippen LogP contribution in [0.2, 0.25) is 0 Å². The largest absolute Gasteiger partial charge is 0.509 e. The van der Waals surface area contributed by atoms with Gasteiger partial charge in [-0.2, -0.15) is 0 Å². The van der Waals surface area contributed by atoms with Crippen molar-refractivity contribution in [2.45, 2.75) is 91.2 Å². The van der Waals surface area contributed by atoms with Crippen LogP contribution in [-0.4, -0.2) is 124 Å². The summed E-state index contributed by atoms with van der Waals surface area (Å²) in [4.78, 5) is 40.8. The molecule has 21 heteroatoms. The lowest BCUT2D eigenvalue weighted by molar-refractivity contribution is -0.355. The SMILES string of the molecule is C=CCOC(=O)N[C@H]1[C@@H](OCC=C)O[C@H](CO[C@@H]2O[C@@H]3CO[C@@H](c4ccccc4)O[C@H]3[C@H](OCc3ccc(OC)cc3)[C@H]2NC(=O)OCC(Cl)(Cl)Cl)[C@@H](OCc2ccccc2)[C@@H]1OC(=O)OCc1ccccc1. The number of carbonyl (C=O) groups is 3. The van der Waals surface area contributed by atoms with Crippen LogP contribution in [0.4, 0.5) is 14.4 Å². The zero-order valence-electron chi connectivity index (χ0n) is 39.7. The molecule has 4 aromatic rings. The maximum absolute atomic E-state index is 13.8. The molecule has 3 heterocycles. The van der Waals surface area contributed by atoms with Gasteiger partial charge in [-0.3, -0.25) is 0 Å². The van der Waals surface area contributed by atoms with Gasteiger partial charge in [0.25, 0.3) is 0 Å². The number of halogens is 3. The monoisotopic (exact) mass is 1070 g/mol. The second-order valence-corrected chi connectivity index (χ2v) is 19.1. The van der Waals surface area contributed by atoms with Crippen molar-refractivity contribution in [1.29, 1.82) is 0 Å². The van der Waals surface area contributed by atoms with E-state index in [1.165, 1.54) is 12.2 Å². The first-order valence-corrected chi connectivity index (χ1v) is 24.3. The summed E-state index contributed by atoms with van der Waals surface area (Å²) in [7, 11) is 1.56. The summed E-state index contributed by atoms with van der Waals surface area (Å²) in [5.74, 6) is 0.637. The van der Waals surface area contributed by atoms with E-state index in [4.69, 9.17) is 96.4 Å². The van der Waals surface area contributed by atoms with Gasteiger partial charge in [0.1, 0.15) is 68.2 Å². The van der Waals surface area contributed by atoms with Crippen molar-refractivity contribution >= 4 is 53.1 Å². The van der Waals surface area contributed by atoms with Crippen LogP contribution in [0.25, 0.3) is 0 Å². The third kappa shape index (κ3) is 16.5. The molecule has 0 spiro atoms. The van der Waals surface area contributed by atoms with Gasteiger partial charge in [-0.1, -0.05) is 157 Å². The molecular formula is C52H57Cl3N2O16. The first-order chi connectivity index (χ1) is 35.4. The Morgan fingerprint density at radius 2 is 1.22 bits per heavy atom. The van der Waals surface area contributed by atoms with Gasteiger partial charge >= 0.3 is 18.3 Å². The van der Waals surface area contributed by atoms with Crippen molar-refractivity contribution in [3.05, 3.63) is 163 Å². The number of methoxy groups -OCH3 is 1. The molecule has 3 aliphatic heterocycles. The average Bonchev–Trinajstić information content (AvgIpc) is 3.40. The predicted octanol–water partition coefficient (Wildman–Crippen LogP) is 8.42. The van der Waals surface area contributed by atoms with E-state index < -0.39 is 103 Å². The van der Waals surface area contributed by atoms with Gasteiger partial charge < -0.3 is 72.2 Å². The Hall–Kier alpha value is -5.48. The predicted molar refractivity (Wildman–Crippen MR) is 265 cm³/mol. The molecule has 18 nitrogen and oxygen atoms in total. The van der Waals surface area contributed by atoms with Crippen molar-refractivity contribution in [3.63, 3.8) is 0 Å². The molecule has 3 aliphatic rings. The number of hydrogen-bond acceptors (Lipinski definition) is 16. The highest BCUT2D eigenvalue weighted by Crippen LogP contribution is 2.37. The molecule has 2 N–H and O–H groups in total. The van der Waals surface area contributed by atoms with Crippen LogP contribution in [0.5, 0.6) is 5.75 Å². The summed E-state index contributed by atoms with van der Waals surface area (Å²) >= 11 is 17.9. The van der Waals surface area contributed by atoms with Crippen molar-refractivity contribution in [1.82, 2.24) is 10.6 Å². The standard InChI is InChI=1S/C52H57Cl3N2O16/c1-4-25-62-47-41(57-49(58)63-26-5-2)45(73-51(60)68-29-34-17-11-7-12-18-34)42(64-27-33-15-9-6-10-16-33)38(70-47)30-67-48-40(56-50(59)69-32-52(53,54)55)44(65-28-35-21-23-37(61-3)24-22-35)43-39(71-48)31-66-46(72-43)36-19-13-8-14-20-36/h4-24,38-48H,1-2,25-32H2,3H3,(H,56,59)(H,57,58)/t38-,39-,40-,41-,42-,43-,44-,45-,46-,47+,48-/m1/s1. The number of nitrogens with one attached hydrogen (secondary N) is 2. The maximum Gasteiger partial charge on any atom is 0.509 e. The van der Waals surface area contributed by atoms with Crippen LogP contribution in [0, 0.1) is 0 Å². The van der Waals surface area contributed by atoms with Gasteiger partial charge in [-0.25, -0.2) is 14.4 Å². The molecule has 3 saturated heterocycles. The van der Waals surface area contributed by atoms with Gasteiger partial charge in [0, 0.05) is 5.56 Å². The minimum absolute atomic E-state index is 0.00737. The highest BCUT2D eigenvalue weighted by atomic mass is 35.6. The minimum Gasteiger partial charge on any atom is -0.497 e. The second kappa shape index (κ2) is 27.7. The molecule has 2 amide bonds. The summed E-state index contributed by atoms with van der Waals surface area (Å²) in [6.07, 6.45) is -10.3. The average molecular weight is 1070 g/mol. The molecule has 0 unspecified atom stereocenters. The summed E-state index contributed by atoms with van der Waals surface area (Å²) in [6.45, 7) is 6.02. The number of benzene rings is 4. The number of rotatable bonds is 22. The number of fused-ring (bicyclic) bond motifs is 1. The molecular weight excluding hydrogens is 1010 g/mol. The normalized spacial score (nSPS) is 25.7. The van der Waals surface area contributed by atoms with E-state index in [0.29, 0.717) is 11.3 Å². The summed E-state index contributed by atoms with van der Waals surface area (Å²) in [5, 5.41) is 5.53. The van der Waals surface area contributed by atoms with Crippen molar-refractivity contribution in [2.75, 3.05) is 40.1 Å². The highest BCUT2D eigenvalue weighted by molar-refractivity contribution is 6.67. The molecule has 0 aliphatic carbocycles. The van der Waals surface area contributed by atoms with Gasteiger partial charge in [-0.05, 0) is 28.8 Å². The molecule has 0 aromatic heterocycles. The zero-order valence-corrected chi connectivity index (χ0v) is 42.0. The molecule has 0 radical (unpaired) electrons. The Balaban J connectivity index is 1.23. The molecule has 0 bridgehead atoms. The Kier molecular flexibility index (Phi) is 21.0. The summed E-state index contributed by atoms with van der Waals surface area (Å²) in [5.41, 5.74) is 2.92. The van der Waals surface area contributed by atoms with Gasteiger partial charge in [0.2, 0.25) is 3.79 Å². The molecule has 0 saturated carbocycles. The van der Waals surface area contributed by atoms with E-state index in [9.17, 15) is 14.4 Å². The van der Waals surface area contributed by atoms with E-state index in [2.05, 4.69) is 23.8 Å². The van der Waals surface area contributed by atoms with Gasteiger partial charge in [-0.15, -0.1) is 6.58 Å². The first kappa shape index (κ1) is 55.3. The minimum atomic E-state index is -1.95. The lowest BCUT2D eigenvalue weighted by Gasteiger charge is -2.50. The van der Waals surface area contributed by atoms with E-state index in [-0.39, 0.29) is 39.6 Å². The van der Waals surface area contributed by atoms with Crippen molar-refractivity contribution < 1.29 is 76.0 Å². The molecule has 4 aromatic carbocycles. The Bertz CT molecular complexity index is 2350. The van der Waals surface area contributed by atoms with Crippen LogP contribution in [-0.2, 0) is 76.7 Å². The van der Waals surface area contributed by atoms with E-state index >= 15 is 0 Å². The van der Waals surface area contributed by atoms with E-state index in [1.54, 1.807) is 43.5 Å². The lowest BCUT2D eigenvalue weighted by atomic mass is 9.94. The number of carbonyl (C=O) groups excluding carboxylic acids is 3. The molecule has 7 rings (SSSR count). The van der Waals surface area contributed by atoms with Gasteiger partial charge in [0.05, 0.1) is 40.1 Å². The molecule has 392 valence electrons. The van der Waals surface area contributed by atoms with Crippen LogP contribution in [0.15, 0.2) is 141 Å². The summed E-state index contributed by atoms with van der Waals surface area (Å²) < 4.78 is 77.8. The lowest BCUT2D eigenvalue weighted by Crippen LogP contribution is -2.69. The number of alkyl carbamates (subject to hydrolysis) is 2. The number of alkyl halides is 3. The van der Waals surface area contributed by atoms with Crippen LogP contribution in [0.1, 0.15) is 28.5 Å². The molecule has 73 heavy (non-hydrogen) atoms. The maximum atomic E-state index is 13.8. The first-order valence-electron chi connectivity index (χ1n) is 23.2. The Labute approximate surface area is 437 Å². The number of hydrogen-bond donors (Lipinski definition) is 2. The molecule has 11 atom stereocenters. The zero-order chi connectivity index (χ0) is 51.6. The quantitative estimate of drug-likeness (QED) is 0.0329. The smallest absolute Gasteiger partial charge is 0.497 e. The van der Waals surface area contributed by atoms with Gasteiger partial charge in [0.15, 0.2) is 25.0 Å². The van der Waals surface area contributed by atoms with Crippen molar-refractivity contribution in [3.8, 4) is 5.75 Å². The summed E-state index contributed by atoms with van der Waals surface area (Å²) in [6, 6.07) is 32.2. The third-order valence-corrected chi connectivity index (χ3v) is 11.8. The number of amides is 2. The fourth-order valence-electron chi connectivity index (χ4n) is 8.05. The van der Waals surface area contributed by atoms with Crippen LogP contribution < -0.4 is 15.4 Å². The second-order valence-electron chi connectivity index (χ2n) is 16.6. The Morgan fingerprint density at radius 3 is 1.85 bits per heavy atom. The van der Waals surface area contributed by atoms with E-state index in [1.807, 2.05) is 78.9 Å². The fourth-order valence-corrected chi connectivity index (χ4v) is 8.22. The Morgan fingerprint density at radius 1 is 0.644 bits per heavy atom. The topological polar surface area (TPSA) is 195 Å².